The van der Waals surface area contributed by atoms with Crippen LogP contribution in [-0.4, -0.2) is 22.6 Å². The lowest BCUT2D eigenvalue weighted by atomic mass is 10.2. The van der Waals surface area contributed by atoms with Crippen LogP contribution in [0.5, 0.6) is 5.88 Å². The highest BCUT2D eigenvalue weighted by molar-refractivity contribution is 7.18. The summed E-state index contributed by atoms with van der Waals surface area (Å²) in [5.74, 6) is 1.26. The monoisotopic (exact) mass is 265 g/mol. The van der Waals surface area contributed by atoms with Crippen LogP contribution in [-0.2, 0) is 6.42 Å². The van der Waals surface area contributed by atoms with Gasteiger partial charge < -0.3 is 10.1 Å². The van der Waals surface area contributed by atoms with Crippen LogP contribution < -0.4 is 10.1 Å². The van der Waals surface area contributed by atoms with E-state index < -0.39 is 0 Å². The molecule has 0 atom stereocenters. The molecule has 0 bridgehead atoms. The molecule has 0 radical (unpaired) electrons. The van der Waals surface area contributed by atoms with E-state index in [2.05, 4.69) is 28.3 Å². The van der Waals surface area contributed by atoms with E-state index in [0.29, 0.717) is 11.8 Å². The maximum atomic E-state index is 5.93. The predicted molar refractivity (Wildman–Crippen MR) is 76.7 cm³/mol. The van der Waals surface area contributed by atoms with Crippen molar-refractivity contribution in [2.75, 3.05) is 12.4 Å². The first-order chi connectivity index (χ1) is 8.43. The van der Waals surface area contributed by atoms with E-state index >= 15 is 0 Å². The van der Waals surface area contributed by atoms with Gasteiger partial charge in [-0.15, -0.1) is 11.3 Å². The van der Waals surface area contributed by atoms with E-state index in [9.17, 15) is 0 Å². The number of ether oxygens (including phenoxy) is 1. The first kappa shape index (κ1) is 13.1. The van der Waals surface area contributed by atoms with Crippen LogP contribution in [0.25, 0.3) is 10.2 Å². The Morgan fingerprint density at radius 3 is 2.61 bits per heavy atom. The Kier molecular flexibility index (Phi) is 3.43. The van der Waals surface area contributed by atoms with Gasteiger partial charge in [0.05, 0.1) is 5.39 Å². The Morgan fingerprint density at radius 1 is 1.33 bits per heavy atom. The van der Waals surface area contributed by atoms with Gasteiger partial charge in [-0.1, -0.05) is 6.92 Å². The SMILES string of the molecule is CCc1cc2c(OC(C)(C)C)nc(NC)nc2s1. The highest BCUT2D eigenvalue weighted by Gasteiger charge is 2.18. The first-order valence-corrected chi connectivity index (χ1v) is 6.92. The van der Waals surface area contributed by atoms with Gasteiger partial charge in [-0.3, -0.25) is 0 Å². The molecule has 2 aromatic heterocycles. The van der Waals surface area contributed by atoms with E-state index in [1.807, 2.05) is 27.8 Å². The minimum absolute atomic E-state index is 0.263. The molecule has 0 aromatic carbocycles. The highest BCUT2D eigenvalue weighted by atomic mass is 32.1. The Hall–Kier alpha value is -1.36. The molecule has 2 aromatic rings. The van der Waals surface area contributed by atoms with Crippen LogP contribution >= 0.6 is 11.3 Å². The fraction of sp³-hybridized carbons (Fsp3) is 0.538. The molecule has 0 unspecified atom stereocenters. The van der Waals surface area contributed by atoms with E-state index in [0.717, 1.165) is 16.6 Å². The topological polar surface area (TPSA) is 47.0 Å². The molecule has 1 N–H and O–H groups in total. The lowest BCUT2D eigenvalue weighted by molar-refractivity contribution is 0.126. The van der Waals surface area contributed by atoms with Crippen molar-refractivity contribution in [2.24, 2.45) is 0 Å². The Morgan fingerprint density at radius 2 is 2.06 bits per heavy atom. The van der Waals surface area contributed by atoms with Gasteiger partial charge in [0.2, 0.25) is 11.8 Å². The number of aromatic nitrogens is 2. The van der Waals surface area contributed by atoms with Gasteiger partial charge in [0, 0.05) is 11.9 Å². The maximum Gasteiger partial charge on any atom is 0.227 e. The highest BCUT2D eigenvalue weighted by Crippen LogP contribution is 2.33. The van der Waals surface area contributed by atoms with Crippen molar-refractivity contribution >= 4 is 27.5 Å². The molecule has 0 saturated carbocycles. The minimum atomic E-state index is -0.263. The average Bonchev–Trinajstić information content (AvgIpc) is 2.70. The molecule has 18 heavy (non-hydrogen) atoms. The zero-order chi connectivity index (χ0) is 13.3. The third-order valence-corrected chi connectivity index (χ3v) is 3.56. The molecule has 4 nitrogen and oxygen atoms in total. The van der Waals surface area contributed by atoms with Crippen LogP contribution in [0.1, 0.15) is 32.6 Å². The number of nitrogens with one attached hydrogen (secondary N) is 1. The Balaban J connectivity index is 2.57. The maximum absolute atomic E-state index is 5.93. The first-order valence-electron chi connectivity index (χ1n) is 6.10. The van der Waals surface area contributed by atoms with Gasteiger partial charge >= 0.3 is 0 Å². The molecule has 2 heterocycles. The standard InChI is InChI=1S/C13H19N3OS/c1-6-8-7-9-10(17-13(2,3)4)15-12(14-5)16-11(9)18-8/h7H,6H2,1-5H3,(H,14,15,16). The van der Waals surface area contributed by atoms with Crippen molar-refractivity contribution in [1.82, 2.24) is 9.97 Å². The summed E-state index contributed by atoms with van der Waals surface area (Å²) in [6.07, 6.45) is 1.00. The predicted octanol–water partition coefficient (Wildman–Crippen LogP) is 3.47. The van der Waals surface area contributed by atoms with E-state index in [1.165, 1.54) is 4.88 Å². The Bertz CT molecular complexity index is 557. The van der Waals surface area contributed by atoms with E-state index in [-0.39, 0.29) is 5.60 Å². The normalized spacial score (nSPS) is 11.8. The van der Waals surface area contributed by atoms with Gasteiger partial charge in [0.1, 0.15) is 10.4 Å². The molecular weight excluding hydrogens is 246 g/mol. The van der Waals surface area contributed by atoms with Crippen LogP contribution in [0.15, 0.2) is 6.07 Å². The van der Waals surface area contributed by atoms with E-state index in [4.69, 9.17) is 4.74 Å². The summed E-state index contributed by atoms with van der Waals surface area (Å²) in [4.78, 5) is 11.2. The van der Waals surface area contributed by atoms with Crippen molar-refractivity contribution in [3.63, 3.8) is 0 Å². The quantitative estimate of drug-likeness (QED) is 0.923. The third-order valence-electron chi connectivity index (χ3n) is 2.38. The molecule has 0 aliphatic carbocycles. The third kappa shape index (κ3) is 2.72. The van der Waals surface area contributed by atoms with Gasteiger partial charge in [0.15, 0.2) is 0 Å². The second-order valence-corrected chi connectivity index (χ2v) is 6.22. The average molecular weight is 265 g/mol. The van der Waals surface area contributed by atoms with Crippen molar-refractivity contribution in [2.45, 2.75) is 39.7 Å². The summed E-state index contributed by atoms with van der Waals surface area (Å²) >= 11 is 1.70. The molecule has 98 valence electrons. The summed E-state index contributed by atoms with van der Waals surface area (Å²) in [5.41, 5.74) is -0.263. The van der Waals surface area contributed by atoms with E-state index in [1.54, 1.807) is 11.3 Å². The second-order valence-electron chi connectivity index (χ2n) is 5.10. The van der Waals surface area contributed by atoms with Crippen molar-refractivity contribution in [3.8, 4) is 5.88 Å². The van der Waals surface area contributed by atoms with Gasteiger partial charge in [-0.2, -0.15) is 4.98 Å². The van der Waals surface area contributed by atoms with Crippen molar-refractivity contribution < 1.29 is 4.74 Å². The van der Waals surface area contributed by atoms with Crippen molar-refractivity contribution in [3.05, 3.63) is 10.9 Å². The molecule has 0 amide bonds. The second kappa shape index (κ2) is 4.72. The molecule has 5 heteroatoms. The number of hydrogen-bond acceptors (Lipinski definition) is 5. The number of thiophene rings is 1. The molecule has 0 saturated heterocycles. The molecule has 0 aliphatic heterocycles. The minimum Gasteiger partial charge on any atom is -0.471 e. The van der Waals surface area contributed by atoms with Gasteiger partial charge in [-0.25, -0.2) is 4.98 Å². The number of anilines is 1. The number of rotatable bonds is 3. The number of aryl methyl sites for hydroxylation is 1. The number of nitrogens with zero attached hydrogens (tertiary/aromatic N) is 2. The van der Waals surface area contributed by atoms with Gasteiger partial charge in [-0.05, 0) is 33.3 Å². The molecule has 0 aliphatic rings. The van der Waals surface area contributed by atoms with Crippen LogP contribution in [0, 0.1) is 0 Å². The summed E-state index contributed by atoms with van der Waals surface area (Å²) in [6, 6.07) is 2.13. The molecule has 0 spiro atoms. The van der Waals surface area contributed by atoms with Crippen LogP contribution in [0.4, 0.5) is 5.95 Å². The zero-order valence-corrected chi connectivity index (χ0v) is 12.3. The van der Waals surface area contributed by atoms with Crippen LogP contribution in [0.3, 0.4) is 0 Å². The van der Waals surface area contributed by atoms with Gasteiger partial charge in [0.25, 0.3) is 0 Å². The smallest absolute Gasteiger partial charge is 0.227 e. The van der Waals surface area contributed by atoms with Crippen LogP contribution in [0.2, 0.25) is 0 Å². The Labute approximate surface area is 111 Å². The molecule has 2 rings (SSSR count). The lowest BCUT2D eigenvalue weighted by Crippen LogP contribution is -2.23. The lowest BCUT2D eigenvalue weighted by Gasteiger charge is -2.20. The van der Waals surface area contributed by atoms with Crippen molar-refractivity contribution in [1.29, 1.82) is 0 Å². The molecular formula is C13H19N3OS. The fourth-order valence-corrected chi connectivity index (χ4v) is 2.56. The number of hydrogen-bond donors (Lipinski definition) is 1. The summed E-state index contributed by atoms with van der Waals surface area (Å²) in [7, 11) is 1.82. The largest absolute Gasteiger partial charge is 0.471 e. The fourth-order valence-electron chi connectivity index (χ4n) is 1.60. The summed E-state index contributed by atoms with van der Waals surface area (Å²) in [5, 5.41) is 3.98. The number of fused-ring (bicyclic) bond motifs is 1. The summed E-state index contributed by atoms with van der Waals surface area (Å²) < 4.78 is 5.93. The summed E-state index contributed by atoms with van der Waals surface area (Å²) in [6.45, 7) is 8.20. The zero-order valence-electron chi connectivity index (χ0n) is 11.5. The molecule has 0 fully saturated rings.